The Kier molecular flexibility index (Phi) is 4.30. The van der Waals surface area contributed by atoms with Gasteiger partial charge in [-0.25, -0.2) is 0 Å². The molecule has 15 heavy (non-hydrogen) atoms. The minimum absolute atomic E-state index is 0.482. The number of rotatable bonds is 4. The van der Waals surface area contributed by atoms with Crippen molar-refractivity contribution in [1.29, 1.82) is 0 Å². The first-order valence-electron chi connectivity index (χ1n) is 4.78. The summed E-state index contributed by atoms with van der Waals surface area (Å²) in [4.78, 5) is 10.3. The number of aldehydes is 1. The van der Waals surface area contributed by atoms with Crippen LogP contribution in [0, 0.1) is 0 Å². The van der Waals surface area contributed by atoms with Crippen LogP contribution < -0.4 is 0 Å². The topological polar surface area (TPSA) is 17.1 Å². The molecule has 0 amide bonds. The highest BCUT2D eigenvalue weighted by atomic mass is 16.1. The highest BCUT2D eigenvalue weighted by molar-refractivity contribution is 5.76. The third-order valence-corrected chi connectivity index (χ3v) is 1.91. The summed E-state index contributed by atoms with van der Waals surface area (Å²) in [5.41, 5.74) is 2.72. The SMILES string of the molecule is C=C(C=O)/C=C/C(C)=C/c1ccccc1. The van der Waals surface area contributed by atoms with Crippen molar-refractivity contribution in [1.82, 2.24) is 0 Å². The van der Waals surface area contributed by atoms with E-state index in [1.807, 2.05) is 43.3 Å². The lowest BCUT2D eigenvalue weighted by Gasteiger charge is -1.94. The van der Waals surface area contributed by atoms with Gasteiger partial charge in [0.1, 0.15) is 6.29 Å². The number of carbonyl (C=O) groups is 1. The predicted molar refractivity (Wildman–Crippen MR) is 64.4 cm³/mol. The van der Waals surface area contributed by atoms with Crippen LogP contribution in [0.2, 0.25) is 0 Å². The molecule has 1 heteroatoms. The first-order valence-corrected chi connectivity index (χ1v) is 4.78. The lowest BCUT2D eigenvalue weighted by atomic mass is 10.1. The van der Waals surface area contributed by atoms with Gasteiger partial charge in [-0.15, -0.1) is 0 Å². The number of carbonyl (C=O) groups excluding carboxylic acids is 1. The summed E-state index contributed by atoms with van der Waals surface area (Å²) in [6, 6.07) is 10.0. The first-order chi connectivity index (χ1) is 7.22. The van der Waals surface area contributed by atoms with Gasteiger partial charge in [-0.1, -0.05) is 60.7 Å². The molecule has 0 saturated heterocycles. The molecule has 0 radical (unpaired) electrons. The van der Waals surface area contributed by atoms with Crippen molar-refractivity contribution in [3.05, 3.63) is 65.8 Å². The van der Waals surface area contributed by atoms with Crippen molar-refractivity contribution < 1.29 is 4.79 Å². The van der Waals surface area contributed by atoms with E-state index in [1.54, 1.807) is 6.08 Å². The molecule has 0 heterocycles. The fraction of sp³-hybridized carbons (Fsp3) is 0.0714. The van der Waals surface area contributed by atoms with Gasteiger partial charge in [-0.3, -0.25) is 4.79 Å². The van der Waals surface area contributed by atoms with Gasteiger partial charge in [0.2, 0.25) is 0 Å². The zero-order valence-electron chi connectivity index (χ0n) is 8.81. The Hall–Kier alpha value is -1.89. The average molecular weight is 198 g/mol. The maximum Gasteiger partial charge on any atom is 0.149 e. The molecule has 0 aliphatic rings. The fourth-order valence-electron chi connectivity index (χ4n) is 1.14. The van der Waals surface area contributed by atoms with Gasteiger partial charge >= 0.3 is 0 Å². The van der Waals surface area contributed by atoms with Gasteiger partial charge in [-0.2, -0.15) is 0 Å². The monoisotopic (exact) mass is 198 g/mol. The van der Waals surface area contributed by atoms with E-state index in [2.05, 4.69) is 12.7 Å². The van der Waals surface area contributed by atoms with Crippen LogP contribution in [0.1, 0.15) is 12.5 Å². The van der Waals surface area contributed by atoms with E-state index in [0.29, 0.717) is 5.57 Å². The van der Waals surface area contributed by atoms with Crippen LogP contribution in [0.4, 0.5) is 0 Å². The minimum Gasteiger partial charge on any atom is -0.298 e. The molecule has 0 atom stereocenters. The highest BCUT2D eigenvalue weighted by Gasteiger charge is 1.87. The van der Waals surface area contributed by atoms with Gasteiger partial charge in [0.25, 0.3) is 0 Å². The summed E-state index contributed by atoms with van der Waals surface area (Å²) >= 11 is 0. The smallest absolute Gasteiger partial charge is 0.149 e. The summed E-state index contributed by atoms with van der Waals surface area (Å²) in [7, 11) is 0. The van der Waals surface area contributed by atoms with Crippen molar-refractivity contribution in [3.8, 4) is 0 Å². The third-order valence-electron chi connectivity index (χ3n) is 1.91. The molecule has 0 spiro atoms. The lowest BCUT2D eigenvalue weighted by molar-refractivity contribution is -0.104. The van der Waals surface area contributed by atoms with E-state index < -0.39 is 0 Å². The van der Waals surface area contributed by atoms with Gasteiger partial charge in [0.15, 0.2) is 0 Å². The van der Waals surface area contributed by atoms with E-state index in [1.165, 1.54) is 0 Å². The largest absolute Gasteiger partial charge is 0.298 e. The van der Waals surface area contributed by atoms with Gasteiger partial charge in [0.05, 0.1) is 0 Å². The first kappa shape index (κ1) is 11.2. The van der Waals surface area contributed by atoms with Crippen LogP contribution in [0.15, 0.2) is 60.2 Å². The van der Waals surface area contributed by atoms with E-state index in [4.69, 9.17) is 0 Å². The molecule has 0 N–H and O–H groups in total. The summed E-state index contributed by atoms with van der Waals surface area (Å²) in [6.45, 7) is 5.56. The standard InChI is InChI=1S/C14H14O/c1-12(8-9-13(2)11-15)10-14-6-4-3-5-7-14/h3-11H,2H2,1H3/b9-8+,12-10+. The molecular weight excluding hydrogens is 184 g/mol. The maximum atomic E-state index is 10.3. The summed E-state index contributed by atoms with van der Waals surface area (Å²) < 4.78 is 0. The Morgan fingerprint density at radius 1 is 1.20 bits per heavy atom. The molecule has 0 fully saturated rings. The Labute approximate surface area is 90.4 Å². The van der Waals surface area contributed by atoms with Gasteiger partial charge < -0.3 is 0 Å². The molecule has 0 unspecified atom stereocenters. The van der Waals surface area contributed by atoms with Crippen LogP contribution in [-0.4, -0.2) is 6.29 Å². The number of hydrogen-bond donors (Lipinski definition) is 0. The number of hydrogen-bond acceptors (Lipinski definition) is 1. The van der Waals surface area contributed by atoms with Crippen molar-refractivity contribution in [2.45, 2.75) is 6.92 Å². The van der Waals surface area contributed by atoms with Crippen LogP contribution in [0.3, 0.4) is 0 Å². The molecular formula is C14H14O. The molecule has 0 bridgehead atoms. The molecule has 1 rings (SSSR count). The zero-order chi connectivity index (χ0) is 11.1. The van der Waals surface area contributed by atoms with E-state index in [0.717, 1.165) is 17.4 Å². The van der Waals surface area contributed by atoms with Crippen molar-refractivity contribution in [2.75, 3.05) is 0 Å². The zero-order valence-corrected chi connectivity index (χ0v) is 8.81. The van der Waals surface area contributed by atoms with Crippen LogP contribution in [0.5, 0.6) is 0 Å². The molecule has 76 valence electrons. The Morgan fingerprint density at radius 2 is 1.87 bits per heavy atom. The number of benzene rings is 1. The van der Waals surface area contributed by atoms with E-state index in [-0.39, 0.29) is 0 Å². The normalized spacial score (nSPS) is 11.7. The van der Waals surface area contributed by atoms with Crippen LogP contribution in [-0.2, 0) is 4.79 Å². The Balaban J connectivity index is 2.73. The predicted octanol–water partition coefficient (Wildman–Crippen LogP) is 3.40. The van der Waals surface area contributed by atoms with Crippen molar-refractivity contribution in [3.63, 3.8) is 0 Å². The lowest BCUT2D eigenvalue weighted by Crippen LogP contribution is -1.76. The van der Waals surface area contributed by atoms with E-state index in [9.17, 15) is 4.79 Å². The van der Waals surface area contributed by atoms with Crippen LogP contribution >= 0.6 is 0 Å². The van der Waals surface area contributed by atoms with Crippen molar-refractivity contribution >= 4 is 12.4 Å². The van der Waals surface area contributed by atoms with Crippen molar-refractivity contribution in [2.24, 2.45) is 0 Å². The van der Waals surface area contributed by atoms with E-state index >= 15 is 0 Å². The second-order valence-electron chi connectivity index (χ2n) is 3.33. The molecule has 1 aromatic carbocycles. The van der Waals surface area contributed by atoms with Gasteiger partial charge in [-0.05, 0) is 12.5 Å². The van der Waals surface area contributed by atoms with Gasteiger partial charge in [0, 0.05) is 5.57 Å². The second kappa shape index (κ2) is 5.76. The Morgan fingerprint density at radius 3 is 2.47 bits per heavy atom. The highest BCUT2D eigenvalue weighted by Crippen LogP contribution is 2.07. The Bertz CT molecular complexity index is 397. The summed E-state index contributed by atoms with van der Waals surface area (Å²) in [5.74, 6) is 0. The molecule has 0 aliphatic carbocycles. The molecule has 1 nitrogen and oxygen atoms in total. The second-order valence-corrected chi connectivity index (χ2v) is 3.33. The summed E-state index contributed by atoms with van der Waals surface area (Å²) in [5, 5.41) is 0. The molecule has 0 aliphatic heterocycles. The minimum atomic E-state index is 0.482. The number of allylic oxidation sites excluding steroid dienone is 4. The maximum absolute atomic E-state index is 10.3. The average Bonchev–Trinajstić information content (AvgIpc) is 2.27. The fourth-order valence-corrected chi connectivity index (χ4v) is 1.14. The molecule has 0 aromatic heterocycles. The molecule has 1 aromatic rings. The van der Waals surface area contributed by atoms with Crippen LogP contribution in [0.25, 0.3) is 6.08 Å². The summed E-state index contributed by atoms with van der Waals surface area (Å²) in [6.07, 6.45) is 6.38. The third kappa shape index (κ3) is 4.23. The molecule has 0 saturated carbocycles. The quantitative estimate of drug-likeness (QED) is 0.411.